The minimum atomic E-state index is 0.665. The molecule has 2 N–H and O–H groups in total. The predicted molar refractivity (Wildman–Crippen MR) is 66.6 cm³/mol. The molecule has 0 radical (unpaired) electrons. The van der Waals surface area contributed by atoms with Crippen LogP contribution in [0.3, 0.4) is 0 Å². The van der Waals surface area contributed by atoms with E-state index < -0.39 is 0 Å². The van der Waals surface area contributed by atoms with Gasteiger partial charge in [0.05, 0.1) is 13.2 Å². The van der Waals surface area contributed by atoms with Gasteiger partial charge in [-0.05, 0) is 19.2 Å². The number of likely N-dealkylation sites (N-methyl/N-ethyl adjacent to an activating group) is 1. The third-order valence-corrected chi connectivity index (χ3v) is 2.54. The van der Waals surface area contributed by atoms with Gasteiger partial charge in [-0.15, -0.1) is 0 Å². The Bertz CT molecular complexity index is 495. The number of rotatable bonds is 5. The summed E-state index contributed by atoms with van der Waals surface area (Å²) in [4.78, 5) is 6.49. The number of nitrogens with zero attached hydrogens (tertiary/aromatic N) is 2. The van der Waals surface area contributed by atoms with Crippen LogP contribution < -0.4 is 5.73 Å². The zero-order chi connectivity index (χ0) is 12.3. The summed E-state index contributed by atoms with van der Waals surface area (Å²) in [6, 6.07) is 5.48. The number of hydrogen-bond donors (Lipinski definition) is 1. The van der Waals surface area contributed by atoms with Crippen molar-refractivity contribution in [2.45, 2.75) is 6.54 Å². The summed E-state index contributed by atoms with van der Waals surface area (Å²) in [5, 5.41) is 0. The number of ether oxygens (including phenoxy) is 1. The summed E-state index contributed by atoms with van der Waals surface area (Å²) in [5.74, 6) is 0.698. The first-order chi connectivity index (χ1) is 8.19. The first-order valence-electron chi connectivity index (χ1n) is 5.51. The Morgan fingerprint density at radius 3 is 3.06 bits per heavy atom. The number of hydrogen-bond acceptors (Lipinski definition) is 5. The number of benzene rings is 1. The summed E-state index contributed by atoms with van der Waals surface area (Å²) >= 11 is 0. The molecule has 2 rings (SSSR count). The van der Waals surface area contributed by atoms with E-state index >= 15 is 0 Å². The third kappa shape index (κ3) is 2.95. The molecule has 5 nitrogen and oxygen atoms in total. The number of oxazole rings is 1. The van der Waals surface area contributed by atoms with Gasteiger partial charge in [-0.3, -0.25) is 4.90 Å². The minimum Gasteiger partial charge on any atom is -0.439 e. The second-order valence-corrected chi connectivity index (χ2v) is 4.07. The molecule has 0 unspecified atom stereocenters. The Kier molecular flexibility index (Phi) is 3.61. The van der Waals surface area contributed by atoms with Crippen molar-refractivity contribution in [2.75, 3.05) is 33.0 Å². The van der Waals surface area contributed by atoms with E-state index in [0.717, 1.165) is 17.6 Å². The van der Waals surface area contributed by atoms with E-state index in [4.69, 9.17) is 14.9 Å². The zero-order valence-corrected chi connectivity index (χ0v) is 10.1. The van der Waals surface area contributed by atoms with Gasteiger partial charge in [0.25, 0.3) is 0 Å². The van der Waals surface area contributed by atoms with Crippen molar-refractivity contribution in [1.29, 1.82) is 0 Å². The van der Waals surface area contributed by atoms with Crippen molar-refractivity contribution in [3.05, 3.63) is 24.1 Å². The van der Waals surface area contributed by atoms with Gasteiger partial charge in [-0.2, -0.15) is 0 Å². The normalized spacial score (nSPS) is 11.5. The number of nitrogen functional groups attached to an aromatic ring is 1. The highest BCUT2D eigenvalue weighted by Gasteiger charge is 2.08. The SMILES string of the molecule is COCCN(C)Cc1nc2ccc(N)cc2o1. The van der Waals surface area contributed by atoms with Gasteiger partial charge in [0.1, 0.15) is 5.52 Å². The standard InChI is InChI=1S/C12H17N3O2/c1-15(5-6-16-2)8-12-14-10-4-3-9(13)7-11(10)17-12/h3-4,7H,5-6,8,13H2,1-2H3. The van der Waals surface area contributed by atoms with Crippen molar-refractivity contribution >= 4 is 16.8 Å². The smallest absolute Gasteiger partial charge is 0.209 e. The molecular formula is C12H17N3O2. The van der Waals surface area contributed by atoms with E-state index in [1.807, 2.05) is 19.2 Å². The number of aromatic nitrogens is 1. The molecule has 17 heavy (non-hydrogen) atoms. The Morgan fingerprint density at radius 2 is 2.29 bits per heavy atom. The molecule has 0 aliphatic heterocycles. The lowest BCUT2D eigenvalue weighted by Crippen LogP contribution is -2.22. The Labute approximate surface area is 100 Å². The fourth-order valence-electron chi connectivity index (χ4n) is 1.61. The van der Waals surface area contributed by atoms with Gasteiger partial charge in [0, 0.05) is 25.4 Å². The van der Waals surface area contributed by atoms with E-state index in [1.165, 1.54) is 0 Å². The first-order valence-corrected chi connectivity index (χ1v) is 5.51. The van der Waals surface area contributed by atoms with E-state index in [0.29, 0.717) is 24.7 Å². The number of methoxy groups -OCH3 is 1. The molecular weight excluding hydrogens is 218 g/mol. The van der Waals surface area contributed by atoms with Crippen molar-refractivity contribution in [3.8, 4) is 0 Å². The van der Waals surface area contributed by atoms with Crippen LogP contribution in [0.15, 0.2) is 22.6 Å². The quantitative estimate of drug-likeness (QED) is 0.795. The van der Waals surface area contributed by atoms with Crippen LogP contribution in [0.25, 0.3) is 11.1 Å². The van der Waals surface area contributed by atoms with Gasteiger partial charge >= 0.3 is 0 Å². The van der Waals surface area contributed by atoms with Crippen molar-refractivity contribution < 1.29 is 9.15 Å². The fraction of sp³-hybridized carbons (Fsp3) is 0.417. The van der Waals surface area contributed by atoms with Crippen LogP contribution in [0.4, 0.5) is 5.69 Å². The maximum atomic E-state index is 5.69. The molecule has 0 atom stereocenters. The average Bonchev–Trinajstić information content (AvgIpc) is 2.67. The fourth-order valence-corrected chi connectivity index (χ4v) is 1.61. The van der Waals surface area contributed by atoms with Crippen LogP contribution in [-0.4, -0.2) is 37.2 Å². The van der Waals surface area contributed by atoms with Crippen LogP contribution >= 0.6 is 0 Å². The number of anilines is 1. The highest BCUT2D eigenvalue weighted by atomic mass is 16.5. The summed E-state index contributed by atoms with van der Waals surface area (Å²) < 4.78 is 10.6. The first kappa shape index (κ1) is 11.9. The molecule has 0 amide bonds. The Morgan fingerprint density at radius 1 is 1.47 bits per heavy atom. The second kappa shape index (κ2) is 5.16. The van der Waals surface area contributed by atoms with E-state index in [-0.39, 0.29) is 0 Å². The van der Waals surface area contributed by atoms with Crippen LogP contribution in [0.2, 0.25) is 0 Å². The van der Waals surface area contributed by atoms with Crippen LogP contribution in [-0.2, 0) is 11.3 Å². The summed E-state index contributed by atoms with van der Waals surface area (Å²) in [5.41, 5.74) is 7.95. The molecule has 0 fully saturated rings. The molecule has 0 aliphatic rings. The number of nitrogens with two attached hydrogens (primary N) is 1. The van der Waals surface area contributed by atoms with Gasteiger partial charge < -0.3 is 14.9 Å². The monoisotopic (exact) mass is 235 g/mol. The number of fused-ring (bicyclic) bond motifs is 1. The summed E-state index contributed by atoms with van der Waals surface area (Å²) in [6.45, 7) is 2.21. The second-order valence-electron chi connectivity index (χ2n) is 4.07. The molecule has 92 valence electrons. The lowest BCUT2D eigenvalue weighted by Gasteiger charge is -2.12. The molecule has 0 aliphatic carbocycles. The van der Waals surface area contributed by atoms with E-state index in [2.05, 4.69) is 9.88 Å². The summed E-state index contributed by atoms with van der Waals surface area (Å²) in [6.07, 6.45) is 0. The van der Waals surface area contributed by atoms with Crippen LogP contribution in [0.5, 0.6) is 0 Å². The largest absolute Gasteiger partial charge is 0.439 e. The van der Waals surface area contributed by atoms with Crippen molar-refractivity contribution in [3.63, 3.8) is 0 Å². The van der Waals surface area contributed by atoms with Crippen molar-refractivity contribution in [1.82, 2.24) is 9.88 Å². The lowest BCUT2D eigenvalue weighted by atomic mass is 10.3. The third-order valence-electron chi connectivity index (χ3n) is 2.54. The van der Waals surface area contributed by atoms with Gasteiger partial charge in [0.2, 0.25) is 5.89 Å². The zero-order valence-electron chi connectivity index (χ0n) is 10.1. The molecule has 0 saturated heterocycles. The van der Waals surface area contributed by atoms with Crippen LogP contribution in [0, 0.1) is 0 Å². The molecule has 1 heterocycles. The highest BCUT2D eigenvalue weighted by molar-refractivity contribution is 5.76. The summed E-state index contributed by atoms with van der Waals surface area (Å²) in [7, 11) is 3.69. The molecule has 1 aromatic heterocycles. The maximum Gasteiger partial charge on any atom is 0.209 e. The van der Waals surface area contributed by atoms with Gasteiger partial charge in [-0.25, -0.2) is 4.98 Å². The van der Waals surface area contributed by atoms with E-state index in [1.54, 1.807) is 13.2 Å². The lowest BCUT2D eigenvalue weighted by molar-refractivity contribution is 0.154. The Hall–Kier alpha value is -1.59. The van der Waals surface area contributed by atoms with E-state index in [9.17, 15) is 0 Å². The molecule has 5 heteroatoms. The molecule has 1 aromatic carbocycles. The van der Waals surface area contributed by atoms with Gasteiger partial charge in [-0.1, -0.05) is 0 Å². The van der Waals surface area contributed by atoms with Crippen molar-refractivity contribution in [2.24, 2.45) is 0 Å². The molecule has 2 aromatic rings. The molecule has 0 saturated carbocycles. The topological polar surface area (TPSA) is 64.5 Å². The highest BCUT2D eigenvalue weighted by Crippen LogP contribution is 2.18. The Balaban J connectivity index is 2.08. The molecule has 0 bridgehead atoms. The van der Waals surface area contributed by atoms with Crippen LogP contribution in [0.1, 0.15) is 5.89 Å². The molecule has 0 spiro atoms. The predicted octanol–water partition coefficient (Wildman–Crippen LogP) is 1.49. The average molecular weight is 235 g/mol. The minimum absolute atomic E-state index is 0.665. The maximum absolute atomic E-state index is 5.69. The van der Waals surface area contributed by atoms with Gasteiger partial charge in [0.15, 0.2) is 5.58 Å².